The van der Waals surface area contributed by atoms with Gasteiger partial charge in [-0.15, -0.1) is 0 Å². The van der Waals surface area contributed by atoms with Crippen molar-refractivity contribution in [3.05, 3.63) is 52.6 Å². The van der Waals surface area contributed by atoms with E-state index in [0.717, 1.165) is 23.1 Å². The molecule has 3 rings (SSSR count). The minimum Gasteiger partial charge on any atom is -0.493 e. The highest BCUT2D eigenvalue weighted by molar-refractivity contribution is 6.13. The highest BCUT2D eigenvalue weighted by Gasteiger charge is 2.25. The molecule has 0 aromatic heterocycles. The molecule has 0 saturated carbocycles. The molecule has 5 heteroatoms. The third-order valence-corrected chi connectivity index (χ3v) is 4.57. The van der Waals surface area contributed by atoms with E-state index in [0.29, 0.717) is 35.0 Å². The maximum atomic E-state index is 13.0. The van der Waals surface area contributed by atoms with Gasteiger partial charge in [0, 0.05) is 16.7 Å². The Morgan fingerprint density at radius 3 is 2.19 bits per heavy atom. The van der Waals surface area contributed by atoms with Crippen LogP contribution in [-0.4, -0.2) is 34.2 Å². The van der Waals surface area contributed by atoms with Crippen molar-refractivity contribution in [1.29, 1.82) is 0 Å². The highest BCUT2D eigenvalue weighted by atomic mass is 16.5. The van der Waals surface area contributed by atoms with Gasteiger partial charge in [-0.2, -0.15) is 0 Å². The molecular weight excluding hydrogens is 332 g/mol. The predicted molar refractivity (Wildman–Crippen MR) is 99.7 cm³/mol. The highest BCUT2D eigenvalue weighted by Crippen LogP contribution is 2.37. The zero-order valence-electron chi connectivity index (χ0n) is 15.4. The number of benzene rings is 2. The molecule has 0 atom stereocenters. The van der Waals surface area contributed by atoms with Gasteiger partial charge in [0.25, 0.3) is 0 Å². The van der Waals surface area contributed by atoms with Crippen molar-refractivity contribution in [2.45, 2.75) is 12.8 Å². The molecule has 26 heavy (non-hydrogen) atoms. The SMILES string of the molecule is COc1cc2c(cc1OC)C(=O)C(=Cc1cccc(OC)c1OC)CC2. The molecule has 0 saturated heterocycles. The zero-order valence-corrected chi connectivity index (χ0v) is 15.4. The van der Waals surface area contributed by atoms with Gasteiger partial charge >= 0.3 is 0 Å². The first-order valence-electron chi connectivity index (χ1n) is 8.34. The second-order valence-electron chi connectivity index (χ2n) is 5.95. The van der Waals surface area contributed by atoms with Crippen LogP contribution in [0.4, 0.5) is 0 Å². The van der Waals surface area contributed by atoms with E-state index >= 15 is 0 Å². The molecule has 0 heterocycles. The molecule has 1 aliphatic carbocycles. The number of rotatable bonds is 5. The summed E-state index contributed by atoms with van der Waals surface area (Å²) in [5.74, 6) is 2.45. The number of hydrogen-bond acceptors (Lipinski definition) is 5. The molecular formula is C21H22O5. The first-order chi connectivity index (χ1) is 12.6. The van der Waals surface area contributed by atoms with Crippen molar-refractivity contribution in [2.75, 3.05) is 28.4 Å². The van der Waals surface area contributed by atoms with E-state index in [9.17, 15) is 4.79 Å². The van der Waals surface area contributed by atoms with E-state index < -0.39 is 0 Å². The fraction of sp³-hybridized carbons (Fsp3) is 0.286. The van der Waals surface area contributed by atoms with Crippen molar-refractivity contribution in [1.82, 2.24) is 0 Å². The molecule has 0 spiro atoms. The number of methoxy groups -OCH3 is 4. The van der Waals surface area contributed by atoms with Gasteiger partial charge in [0.1, 0.15) is 0 Å². The maximum Gasteiger partial charge on any atom is 0.189 e. The normalized spacial score (nSPS) is 14.8. The van der Waals surface area contributed by atoms with Crippen LogP contribution in [0.2, 0.25) is 0 Å². The van der Waals surface area contributed by atoms with Crippen molar-refractivity contribution in [2.24, 2.45) is 0 Å². The number of aryl methyl sites for hydroxylation is 1. The average Bonchev–Trinajstić information content (AvgIpc) is 2.68. The van der Waals surface area contributed by atoms with E-state index in [2.05, 4.69) is 0 Å². The minimum absolute atomic E-state index is 0.00271. The molecule has 0 radical (unpaired) electrons. The molecule has 2 aromatic carbocycles. The van der Waals surface area contributed by atoms with Gasteiger partial charge in [-0.25, -0.2) is 0 Å². The van der Waals surface area contributed by atoms with E-state index in [1.54, 1.807) is 34.5 Å². The standard InChI is InChI=1S/C21H22O5/c1-23-17-7-5-6-15(21(17)26-4)10-14-9-8-13-11-18(24-2)19(25-3)12-16(13)20(14)22/h5-7,10-12H,8-9H2,1-4H3. The summed E-state index contributed by atoms with van der Waals surface area (Å²) in [4.78, 5) is 13.0. The average molecular weight is 354 g/mol. The van der Waals surface area contributed by atoms with Crippen LogP contribution in [0, 0.1) is 0 Å². The third-order valence-electron chi connectivity index (χ3n) is 4.57. The maximum absolute atomic E-state index is 13.0. The quantitative estimate of drug-likeness (QED) is 0.762. The van der Waals surface area contributed by atoms with Crippen molar-refractivity contribution in [3.8, 4) is 23.0 Å². The van der Waals surface area contributed by atoms with Crippen LogP contribution in [0.5, 0.6) is 23.0 Å². The van der Waals surface area contributed by atoms with E-state index in [1.165, 1.54) is 0 Å². The van der Waals surface area contributed by atoms with E-state index in [1.807, 2.05) is 30.3 Å². The smallest absolute Gasteiger partial charge is 0.189 e. The fourth-order valence-electron chi connectivity index (χ4n) is 3.25. The number of carbonyl (C=O) groups excluding carboxylic acids is 1. The summed E-state index contributed by atoms with van der Waals surface area (Å²) in [5.41, 5.74) is 3.18. The Bertz CT molecular complexity index is 867. The first-order valence-corrected chi connectivity index (χ1v) is 8.34. The van der Waals surface area contributed by atoms with Crippen molar-refractivity contribution < 1.29 is 23.7 Å². The summed E-state index contributed by atoms with van der Waals surface area (Å²) in [5, 5.41) is 0. The lowest BCUT2D eigenvalue weighted by Gasteiger charge is -2.20. The topological polar surface area (TPSA) is 54.0 Å². The summed E-state index contributed by atoms with van der Waals surface area (Å²) in [7, 11) is 6.34. The van der Waals surface area contributed by atoms with Crippen LogP contribution < -0.4 is 18.9 Å². The molecule has 0 bridgehead atoms. The molecule has 0 amide bonds. The second-order valence-corrected chi connectivity index (χ2v) is 5.95. The first kappa shape index (κ1) is 17.9. The summed E-state index contributed by atoms with van der Waals surface area (Å²) in [6, 6.07) is 9.26. The molecule has 0 aliphatic heterocycles. The van der Waals surface area contributed by atoms with Crippen LogP contribution in [0.15, 0.2) is 35.9 Å². The molecule has 0 N–H and O–H groups in total. The van der Waals surface area contributed by atoms with Crippen molar-refractivity contribution >= 4 is 11.9 Å². The number of carbonyl (C=O) groups is 1. The third kappa shape index (κ3) is 3.12. The lowest BCUT2D eigenvalue weighted by Crippen LogP contribution is -2.14. The predicted octanol–water partition coefficient (Wildman–Crippen LogP) is 3.93. The zero-order chi connectivity index (χ0) is 18.7. The van der Waals surface area contributed by atoms with Crippen LogP contribution >= 0.6 is 0 Å². The van der Waals surface area contributed by atoms with Crippen molar-refractivity contribution in [3.63, 3.8) is 0 Å². The van der Waals surface area contributed by atoms with Gasteiger partial charge in [-0.05, 0) is 42.7 Å². The monoisotopic (exact) mass is 354 g/mol. The number of ketones is 1. The Labute approximate surface area is 153 Å². The van der Waals surface area contributed by atoms with Crippen LogP contribution in [0.1, 0.15) is 27.9 Å². The minimum atomic E-state index is -0.00271. The largest absolute Gasteiger partial charge is 0.493 e. The van der Waals surface area contributed by atoms with Gasteiger partial charge in [-0.1, -0.05) is 12.1 Å². The summed E-state index contributed by atoms with van der Waals surface area (Å²) in [6.07, 6.45) is 3.30. The molecule has 2 aromatic rings. The molecule has 5 nitrogen and oxygen atoms in total. The van der Waals surface area contributed by atoms with Crippen LogP contribution in [0.3, 0.4) is 0 Å². The Morgan fingerprint density at radius 2 is 1.54 bits per heavy atom. The van der Waals surface area contributed by atoms with Crippen LogP contribution in [-0.2, 0) is 6.42 Å². The summed E-state index contributed by atoms with van der Waals surface area (Å²) in [6.45, 7) is 0. The van der Waals surface area contributed by atoms with Gasteiger partial charge in [0.05, 0.1) is 28.4 Å². The molecule has 0 unspecified atom stereocenters. The molecule has 1 aliphatic rings. The number of hydrogen-bond donors (Lipinski definition) is 0. The van der Waals surface area contributed by atoms with Crippen LogP contribution in [0.25, 0.3) is 6.08 Å². The Kier molecular flexibility index (Phi) is 5.16. The van der Waals surface area contributed by atoms with E-state index in [-0.39, 0.29) is 5.78 Å². The lowest BCUT2D eigenvalue weighted by molar-refractivity contribution is 0.102. The Morgan fingerprint density at radius 1 is 0.846 bits per heavy atom. The van der Waals surface area contributed by atoms with Gasteiger partial charge in [-0.3, -0.25) is 4.79 Å². The summed E-state index contributed by atoms with van der Waals surface area (Å²) >= 11 is 0. The number of ether oxygens (including phenoxy) is 4. The molecule has 0 fully saturated rings. The fourth-order valence-corrected chi connectivity index (χ4v) is 3.25. The lowest BCUT2D eigenvalue weighted by atomic mass is 9.85. The number of Topliss-reactive ketones (excluding diaryl/α,β-unsaturated/α-hetero) is 1. The second kappa shape index (κ2) is 7.52. The van der Waals surface area contributed by atoms with E-state index in [4.69, 9.17) is 18.9 Å². The Balaban J connectivity index is 2.03. The summed E-state index contributed by atoms with van der Waals surface area (Å²) < 4.78 is 21.5. The number of allylic oxidation sites excluding steroid dienone is 1. The Hall–Kier alpha value is -2.95. The molecule has 136 valence electrons. The number of para-hydroxylation sites is 1. The van der Waals surface area contributed by atoms with Gasteiger partial charge < -0.3 is 18.9 Å². The van der Waals surface area contributed by atoms with Gasteiger partial charge in [0.2, 0.25) is 0 Å². The van der Waals surface area contributed by atoms with Gasteiger partial charge in [0.15, 0.2) is 28.8 Å². The number of fused-ring (bicyclic) bond motifs is 1.